The molecule has 4 nitrogen and oxygen atoms in total. The Morgan fingerprint density at radius 2 is 2.12 bits per heavy atom. The van der Waals surface area contributed by atoms with Gasteiger partial charge in [0.15, 0.2) is 0 Å². The van der Waals surface area contributed by atoms with Crippen molar-refractivity contribution in [2.75, 3.05) is 0 Å². The highest BCUT2D eigenvalue weighted by molar-refractivity contribution is 4.99. The average molecular weight is 224 g/mol. The van der Waals surface area contributed by atoms with Crippen LogP contribution in [0.5, 0.6) is 0 Å². The van der Waals surface area contributed by atoms with Crippen molar-refractivity contribution in [1.29, 1.82) is 0 Å². The van der Waals surface area contributed by atoms with Crippen molar-refractivity contribution in [3.05, 3.63) is 18.2 Å². The number of aromatic nitrogens is 2. The van der Waals surface area contributed by atoms with Gasteiger partial charge in [-0.05, 0) is 17.8 Å². The number of hydrogen-bond acceptors (Lipinski definition) is 3. The van der Waals surface area contributed by atoms with Crippen molar-refractivity contribution in [1.82, 2.24) is 15.0 Å². The largest absolute Gasteiger partial charge is 0.337 e. The summed E-state index contributed by atoms with van der Waals surface area (Å²) in [5.41, 5.74) is 3.16. The Morgan fingerprint density at radius 1 is 1.50 bits per heavy atom. The number of nitrogens with zero attached hydrogens (tertiary/aromatic N) is 2. The number of aryl methyl sites for hydroxylation is 1. The van der Waals surface area contributed by atoms with Crippen LogP contribution in [0.25, 0.3) is 0 Å². The molecular weight excluding hydrogens is 200 g/mol. The summed E-state index contributed by atoms with van der Waals surface area (Å²) in [6.07, 6.45) is 4.74. The second-order valence-corrected chi connectivity index (χ2v) is 5.62. The maximum absolute atomic E-state index is 5.62. The summed E-state index contributed by atoms with van der Waals surface area (Å²) in [6.45, 7) is 9.02. The molecule has 0 radical (unpaired) electrons. The summed E-state index contributed by atoms with van der Waals surface area (Å²) in [7, 11) is 1.99. The number of hydrazine groups is 1. The average Bonchev–Trinajstić information content (AvgIpc) is 2.59. The lowest BCUT2D eigenvalue weighted by Crippen LogP contribution is -2.33. The van der Waals surface area contributed by atoms with Crippen molar-refractivity contribution in [3.63, 3.8) is 0 Å². The summed E-state index contributed by atoms with van der Waals surface area (Å²) >= 11 is 0. The van der Waals surface area contributed by atoms with Crippen LogP contribution in [0.1, 0.15) is 46.0 Å². The molecular formula is C12H24N4. The topological polar surface area (TPSA) is 55.9 Å². The van der Waals surface area contributed by atoms with Crippen LogP contribution in [-0.2, 0) is 7.05 Å². The van der Waals surface area contributed by atoms with E-state index in [1.54, 1.807) is 6.20 Å². The first-order valence-corrected chi connectivity index (χ1v) is 5.79. The van der Waals surface area contributed by atoms with E-state index in [2.05, 4.69) is 38.1 Å². The fourth-order valence-corrected chi connectivity index (χ4v) is 1.67. The molecule has 2 unspecified atom stereocenters. The van der Waals surface area contributed by atoms with Crippen LogP contribution in [0, 0.1) is 11.3 Å². The first-order valence-electron chi connectivity index (χ1n) is 5.79. The van der Waals surface area contributed by atoms with E-state index in [-0.39, 0.29) is 6.04 Å². The Kier molecular flexibility index (Phi) is 4.10. The van der Waals surface area contributed by atoms with Gasteiger partial charge in [0, 0.05) is 19.4 Å². The van der Waals surface area contributed by atoms with E-state index in [0.29, 0.717) is 11.3 Å². The molecule has 4 heteroatoms. The lowest BCUT2D eigenvalue weighted by molar-refractivity contribution is 0.220. The number of rotatable bonds is 4. The molecule has 1 aromatic rings. The normalized spacial score (nSPS) is 16.1. The highest BCUT2D eigenvalue weighted by Crippen LogP contribution is 2.32. The third kappa shape index (κ3) is 3.06. The van der Waals surface area contributed by atoms with E-state index in [1.807, 2.05) is 17.8 Å². The fourth-order valence-electron chi connectivity index (χ4n) is 1.67. The highest BCUT2D eigenvalue weighted by Gasteiger charge is 2.25. The number of imidazole rings is 1. The minimum Gasteiger partial charge on any atom is -0.337 e. The van der Waals surface area contributed by atoms with Gasteiger partial charge in [-0.2, -0.15) is 0 Å². The number of nitrogens with one attached hydrogen (secondary N) is 1. The lowest BCUT2D eigenvalue weighted by atomic mass is 9.78. The Balaban J connectivity index is 2.74. The number of nitrogens with two attached hydrogens (primary N) is 1. The fraction of sp³-hybridized carbons (Fsp3) is 0.750. The molecule has 1 rings (SSSR count). The molecule has 0 spiro atoms. The molecule has 0 bridgehead atoms. The van der Waals surface area contributed by atoms with Gasteiger partial charge in [-0.1, -0.05) is 27.7 Å². The zero-order valence-corrected chi connectivity index (χ0v) is 11.0. The predicted molar refractivity (Wildman–Crippen MR) is 66.5 cm³/mol. The van der Waals surface area contributed by atoms with Gasteiger partial charge in [-0.15, -0.1) is 0 Å². The monoisotopic (exact) mass is 224 g/mol. The Labute approximate surface area is 98.2 Å². The van der Waals surface area contributed by atoms with Gasteiger partial charge < -0.3 is 4.57 Å². The van der Waals surface area contributed by atoms with E-state index in [9.17, 15) is 0 Å². The van der Waals surface area contributed by atoms with Gasteiger partial charge in [-0.3, -0.25) is 5.84 Å². The zero-order valence-electron chi connectivity index (χ0n) is 11.0. The van der Waals surface area contributed by atoms with Crippen LogP contribution < -0.4 is 11.3 Å². The Morgan fingerprint density at radius 3 is 2.50 bits per heavy atom. The maximum Gasteiger partial charge on any atom is 0.126 e. The highest BCUT2D eigenvalue weighted by atomic mass is 15.3. The minimum atomic E-state index is 0.120. The summed E-state index contributed by atoms with van der Waals surface area (Å²) < 4.78 is 2.01. The van der Waals surface area contributed by atoms with Crippen LogP contribution in [0.3, 0.4) is 0 Å². The molecule has 0 aliphatic carbocycles. The van der Waals surface area contributed by atoms with E-state index >= 15 is 0 Å². The molecule has 0 amide bonds. The zero-order chi connectivity index (χ0) is 12.3. The third-order valence-electron chi connectivity index (χ3n) is 3.44. The summed E-state index contributed by atoms with van der Waals surface area (Å²) in [5.74, 6) is 7.19. The second-order valence-electron chi connectivity index (χ2n) is 5.62. The van der Waals surface area contributed by atoms with Crippen LogP contribution in [-0.4, -0.2) is 9.55 Å². The van der Waals surface area contributed by atoms with Crippen molar-refractivity contribution in [2.45, 2.75) is 40.2 Å². The Hall–Kier alpha value is -0.870. The standard InChI is InChI=1S/C12H24N4/c1-9(12(2,3)4)8-10(15-13)11-14-6-7-16(11)5/h6-7,9-10,15H,8,13H2,1-5H3. The molecule has 0 saturated carbocycles. The van der Waals surface area contributed by atoms with Crippen LogP contribution in [0.15, 0.2) is 12.4 Å². The first kappa shape index (κ1) is 13.2. The van der Waals surface area contributed by atoms with Crippen molar-refractivity contribution >= 4 is 0 Å². The molecule has 0 fully saturated rings. The molecule has 0 aliphatic rings. The molecule has 92 valence electrons. The second kappa shape index (κ2) is 4.97. The van der Waals surface area contributed by atoms with Crippen molar-refractivity contribution < 1.29 is 0 Å². The van der Waals surface area contributed by atoms with E-state index < -0.39 is 0 Å². The van der Waals surface area contributed by atoms with E-state index in [1.165, 1.54) is 0 Å². The summed E-state index contributed by atoms with van der Waals surface area (Å²) in [4.78, 5) is 4.34. The molecule has 2 atom stereocenters. The van der Waals surface area contributed by atoms with Gasteiger partial charge in [-0.25, -0.2) is 10.4 Å². The summed E-state index contributed by atoms with van der Waals surface area (Å²) in [6, 6.07) is 0.120. The van der Waals surface area contributed by atoms with Crippen molar-refractivity contribution in [2.24, 2.45) is 24.2 Å². The molecule has 3 N–H and O–H groups in total. The van der Waals surface area contributed by atoms with Gasteiger partial charge in [0.05, 0.1) is 6.04 Å². The molecule has 0 aromatic carbocycles. The molecule has 1 aromatic heterocycles. The maximum atomic E-state index is 5.62. The number of hydrogen-bond donors (Lipinski definition) is 2. The van der Waals surface area contributed by atoms with E-state index in [0.717, 1.165) is 12.2 Å². The quantitative estimate of drug-likeness (QED) is 0.607. The smallest absolute Gasteiger partial charge is 0.126 e. The van der Waals surface area contributed by atoms with Gasteiger partial charge in [0.2, 0.25) is 0 Å². The predicted octanol–water partition coefficient (Wildman–Crippen LogP) is 2.00. The molecule has 16 heavy (non-hydrogen) atoms. The molecule has 0 aliphatic heterocycles. The van der Waals surface area contributed by atoms with Crippen molar-refractivity contribution in [3.8, 4) is 0 Å². The van der Waals surface area contributed by atoms with Crippen LogP contribution >= 0.6 is 0 Å². The third-order valence-corrected chi connectivity index (χ3v) is 3.44. The summed E-state index contributed by atoms with van der Waals surface area (Å²) in [5, 5.41) is 0. The van der Waals surface area contributed by atoms with Gasteiger partial charge >= 0.3 is 0 Å². The Bertz CT molecular complexity index is 324. The molecule has 0 saturated heterocycles. The first-order chi connectivity index (χ1) is 7.36. The van der Waals surface area contributed by atoms with Crippen LogP contribution in [0.2, 0.25) is 0 Å². The van der Waals surface area contributed by atoms with Gasteiger partial charge in [0.1, 0.15) is 5.82 Å². The van der Waals surface area contributed by atoms with E-state index in [4.69, 9.17) is 5.84 Å². The van der Waals surface area contributed by atoms with Gasteiger partial charge in [0.25, 0.3) is 0 Å². The lowest BCUT2D eigenvalue weighted by Gasteiger charge is -2.30. The molecule has 1 heterocycles. The SMILES string of the molecule is CC(CC(NN)c1nccn1C)C(C)(C)C. The minimum absolute atomic E-state index is 0.120. The van der Waals surface area contributed by atoms with Crippen LogP contribution in [0.4, 0.5) is 0 Å².